The van der Waals surface area contributed by atoms with Crippen LogP contribution in [0.5, 0.6) is 0 Å². The lowest BCUT2D eigenvalue weighted by Gasteiger charge is -2.43. The number of H-pyrrole nitrogens is 1. The SMILES string of the molecule is Cc1cc(-n2nc3c(c2-n2ccn(-c4ccc5c(cnn5C)c4F)c2=O)[C@H](C)N(C(=O)c2cc4cc([C@H]5CCOC(C)(C)C5)ccc4n2[C@@]2(c4noc(=O)[nH]4)C[C@@H]2C)CC32CCC(=O)C2)cc(C)c1F. The van der Waals surface area contributed by atoms with Crippen LogP contribution in [-0.2, 0) is 27.5 Å². The molecule has 0 bridgehead atoms. The van der Waals surface area contributed by atoms with Crippen LogP contribution in [0.4, 0.5) is 8.78 Å². The van der Waals surface area contributed by atoms with Crippen LogP contribution >= 0.6 is 0 Å². The van der Waals surface area contributed by atoms with E-state index in [4.69, 9.17) is 14.4 Å². The number of aromatic amines is 1. The molecule has 1 spiro atoms. The van der Waals surface area contributed by atoms with Gasteiger partial charge >= 0.3 is 11.4 Å². The number of amides is 1. The summed E-state index contributed by atoms with van der Waals surface area (Å²) < 4.78 is 50.6. The van der Waals surface area contributed by atoms with E-state index in [1.807, 2.05) is 30.5 Å². The highest BCUT2D eigenvalue weighted by atomic mass is 19.1. The molecule has 1 saturated heterocycles. The number of ketones is 1. The molecule has 1 N–H and O–H groups in total. The molecule has 360 valence electrons. The van der Waals surface area contributed by atoms with E-state index in [0.29, 0.717) is 64.6 Å². The largest absolute Gasteiger partial charge is 0.438 e. The molecule has 4 aliphatic rings. The summed E-state index contributed by atoms with van der Waals surface area (Å²) >= 11 is 0. The molecule has 0 radical (unpaired) electrons. The first-order valence-corrected chi connectivity index (χ1v) is 23.9. The summed E-state index contributed by atoms with van der Waals surface area (Å²) in [6, 6.07) is 14.0. The topological polar surface area (TPSA) is 173 Å². The van der Waals surface area contributed by atoms with E-state index < -0.39 is 34.3 Å². The van der Waals surface area contributed by atoms with Gasteiger partial charge in [0.15, 0.2) is 11.6 Å². The van der Waals surface area contributed by atoms with Gasteiger partial charge < -0.3 is 14.2 Å². The zero-order valence-electron chi connectivity index (χ0n) is 40.0. The van der Waals surface area contributed by atoms with E-state index in [0.717, 1.165) is 29.3 Å². The lowest BCUT2D eigenvalue weighted by Crippen LogP contribution is -2.49. The van der Waals surface area contributed by atoms with Gasteiger partial charge in [0.1, 0.15) is 28.7 Å². The third-order valence-corrected chi connectivity index (χ3v) is 15.9. The molecule has 1 unspecified atom stereocenters. The Bertz CT molecular complexity index is 3640. The van der Waals surface area contributed by atoms with Crippen LogP contribution in [0.3, 0.4) is 0 Å². The predicted molar refractivity (Wildman–Crippen MR) is 254 cm³/mol. The molecular formula is C52H52F2N10O6. The maximum Gasteiger partial charge on any atom is 0.438 e. The third-order valence-electron chi connectivity index (χ3n) is 15.9. The number of fused-ring (bicyclic) bond motifs is 4. The lowest BCUT2D eigenvalue weighted by atomic mass is 9.75. The second-order valence-corrected chi connectivity index (χ2v) is 20.9. The van der Waals surface area contributed by atoms with Crippen LogP contribution in [0.2, 0.25) is 0 Å². The standard InChI is InChI=1S/C52H52F2N10O6/c1-27-18-34(19-28(2)42(27)53)64-45(61-16-15-60(49(61)68)39-11-10-38-36(43(39)54)25-55-59(38)7)41-30(4)62(26-51(44(41)57-64)14-12-35(65)24-51)46(66)40-21-33-20-31(32-13-17-69-50(5,6)23-32)8-9-37(33)63(40)52(22-29(52)3)47-56-48(67)70-58-47/h8-11,15-16,18-21,25,29-30,32H,12-14,17,22-24,26H2,1-7H3,(H,56,58,67)/t29-,30-,32-,51?,52-/m0/s1. The van der Waals surface area contributed by atoms with Crippen LogP contribution in [0.15, 0.2) is 81.2 Å². The zero-order chi connectivity index (χ0) is 48.9. The fourth-order valence-electron chi connectivity index (χ4n) is 12.3. The number of carbonyl (C=O) groups excluding carboxylic acids is 2. The van der Waals surface area contributed by atoms with Crippen molar-refractivity contribution in [1.29, 1.82) is 0 Å². The number of rotatable bonds is 7. The Kier molecular flexibility index (Phi) is 9.53. The van der Waals surface area contributed by atoms with Gasteiger partial charge in [-0.1, -0.05) is 18.1 Å². The van der Waals surface area contributed by atoms with E-state index >= 15 is 13.6 Å². The molecule has 18 heteroatoms. The number of ether oxygens (including phenoxy) is 1. The quantitative estimate of drug-likeness (QED) is 0.167. The van der Waals surface area contributed by atoms with Crippen molar-refractivity contribution in [3.8, 4) is 17.2 Å². The Morgan fingerprint density at radius 1 is 0.929 bits per heavy atom. The minimum absolute atomic E-state index is 0.00794. The van der Waals surface area contributed by atoms with Crippen molar-refractivity contribution < 1.29 is 27.6 Å². The highest BCUT2D eigenvalue weighted by Gasteiger charge is 2.60. The van der Waals surface area contributed by atoms with E-state index in [9.17, 15) is 14.4 Å². The Morgan fingerprint density at radius 3 is 2.36 bits per heavy atom. The van der Waals surface area contributed by atoms with E-state index in [2.05, 4.69) is 41.2 Å². The van der Waals surface area contributed by atoms with Crippen molar-refractivity contribution in [3.05, 3.63) is 139 Å². The lowest BCUT2D eigenvalue weighted by molar-refractivity contribution is -0.117. The summed E-state index contributed by atoms with van der Waals surface area (Å²) in [6.45, 7) is 12.2. The summed E-state index contributed by atoms with van der Waals surface area (Å²) in [5.74, 6) is -1.27. The number of hydrogen-bond donors (Lipinski definition) is 1. The maximum atomic E-state index is 16.3. The van der Waals surface area contributed by atoms with Gasteiger partial charge in [0.25, 0.3) is 5.91 Å². The van der Waals surface area contributed by atoms with Gasteiger partial charge in [-0.15, -0.1) is 0 Å². The highest BCUT2D eigenvalue weighted by molar-refractivity contribution is 6.00. The van der Waals surface area contributed by atoms with Gasteiger partial charge in [-0.2, -0.15) is 10.2 Å². The average molecular weight is 951 g/mol. The number of hydrogen-bond acceptors (Lipinski definition) is 9. The highest BCUT2D eigenvalue weighted by Crippen LogP contribution is 2.57. The first-order valence-electron chi connectivity index (χ1n) is 23.9. The molecule has 5 aromatic heterocycles. The molecule has 3 fully saturated rings. The van der Waals surface area contributed by atoms with Crippen LogP contribution in [0, 0.1) is 31.4 Å². The predicted octanol–water partition coefficient (Wildman–Crippen LogP) is 7.89. The van der Waals surface area contributed by atoms with Crippen LogP contribution in [0.25, 0.3) is 39.0 Å². The summed E-state index contributed by atoms with van der Waals surface area (Å²) in [4.78, 5) is 61.8. The molecule has 8 aromatic rings. The summed E-state index contributed by atoms with van der Waals surface area (Å²) in [7, 11) is 1.71. The minimum Gasteiger partial charge on any atom is -0.376 e. The molecule has 16 nitrogen and oxygen atoms in total. The number of nitrogens with one attached hydrogen (secondary N) is 1. The summed E-state index contributed by atoms with van der Waals surface area (Å²) in [5.41, 5.74) is 2.28. The van der Waals surface area contributed by atoms with E-state index in [1.165, 1.54) is 33.8 Å². The minimum atomic E-state index is -0.968. The van der Waals surface area contributed by atoms with Crippen molar-refractivity contribution in [1.82, 2.24) is 48.3 Å². The number of aromatic nitrogens is 9. The van der Waals surface area contributed by atoms with Gasteiger partial charge in [0, 0.05) is 67.3 Å². The van der Waals surface area contributed by atoms with Crippen LogP contribution < -0.4 is 11.4 Å². The van der Waals surface area contributed by atoms with Crippen molar-refractivity contribution in [2.45, 2.75) is 109 Å². The van der Waals surface area contributed by atoms with Gasteiger partial charge in [-0.05, 0) is 131 Å². The smallest absolute Gasteiger partial charge is 0.376 e. The number of halogens is 2. The summed E-state index contributed by atoms with van der Waals surface area (Å²) in [5, 5.41) is 14.8. The molecule has 2 aliphatic heterocycles. The van der Waals surface area contributed by atoms with Crippen molar-refractivity contribution in [2.24, 2.45) is 13.0 Å². The zero-order valence-corrected chi connectivity index (χ0v) is 40.0. The average Bonchev–Trinajstić information content (AvgIpc) is 4.06. The normalized spacial score (nSPS) is 24.1. The number of nitrogens with zero attached hydrogens (tertiary/aromatic N) is 9. The molecule has 1 amide bonds. The van der Waals surface area contributed by atoms with Crippen LogP contribution in [-0.4, -0.2) is 78.7 Å². The maximum absolute atomic E-state index is 16.3. The number of aryl methyl sites for hydroxylation is 3. The van der Waals surface area contributed by atoms with Gasteiger partial charge in [0.05, 0.1) is 45.8 Å². The monoisotopic (exact) mass is 950 g/mol. The second kappa shape index (κ2) is 15.1. The first-order chi connectivity index (χ1) is 33.4. The Morgan fingerprint density at radius 2 is 1.67 bits per heavy atom. The van der Waals surface area contributed by atoms with Crippen molar-refractivity contribution >= 4 is 33.5 Å². The Labute approximate surface area is 399 Å². The molecule has 12 rings (SSSR count). The van der Waals surface area contributed by atoms with Gasteiger partial charge in [-0.3, -0.25) is 32.9 Å². The van der Waals surface area contributed by atoms with Crippen molar-refractivity contribution in [2.75, 3.05) is 13.2 Å². The van der Waals surface area contributed by atoms with Gasteiger partial charge in [-0.25, -0.2) is 23.1 Å². The number of Topliss-reactive ketones (excluding diaryl/α,β-unsaturated/α-hetero) is 1. The molecule has 2 saturated carbocycles. The molecule has 7 heterocycles. The molecule has 70 heavy (non-hydrogen) atoms. The number of imidazole rings is 1. The first kappa shape index (κ1) is 44.0. The summed E-state index contributed by atoms with van der Waals surface area (Å²) in [6.07, 6.45) is 7.42. The molecule has 2 aliphatic carbocycles. The second-order valence-electron chi connectivity index (χ2n) is 20.9. The Balaban J connectivity index is 1.06. The molecular weight excluding hydrogens is 899 g/mol. The van der Waals surface area contributed by atoms with Crippen molar-refractivity contribution in [3.63, 3.8) is 0 Å². The van der Waals surface area contributed by atoms with Crippen LogP contribution in [0.1, 0.15) is 122 Å². The Hall–Kier alpha value is -7.21. The number of carbonyl (C=O) groups is 2. The van der Waals surface area contributed by atoms with Gasteiger partial charge in [0.2, 0.25) is 0 Å². The van der Waals surface area contributed by atoms with E-state index in [-0.39, 0.29) is 71.2 Å². The fraction of sp³-hybridized carbons (Fsp3) is 0.404. The number of benzene rings is 3. The molecule has 5 atom stereocenters. The van der Waals surface area contributed by atoms with E-state index in [1.54, 1.807) is 53.4 Å². The third kappa shape index (κ3) is 6.36. The molecule has 3 aromatic carbocycles. The fourth-order valence-corrected chi connectivity index (χ4v) is 12.3.